The summed E-state index contributed by atoms with van der Waals surface area (Å²) in [5, 5.41) is 8.37. The molecule has 2 aromatic rings. The minimum atomic E-state index is -1.85. The average molecular weight is 472 g/mol. The van der Waals surface area contributed by atoms with Gasteiger partial charge in [-0.3, -0.25) is 4.79 Å². The number of furan rings is 1. The standard InChI is InChI=1S/C14H11BrCl3N3O2S/c15-10-7-6-9(23-10)11(22)20-12(14(16,17)18)21-13(24)19-8-4-2-1-3-5-8/h1-7,12H,(H,20,22)(H2,19,21,24). The Morgan fingerprint density at radius 2 is 1.79 bits per heavy atom. The Kier molecular flexibility index (Phi) is 6.77. The van der Waals surface area contributed by atoms with Crippen molar-refractivity contribution < 1.29 is 9.21 Å². The number of benzene rings is 1. The summed E-state index contributed by atoms with van der Waals surface area (Å²) < 4.78 is 3.72. The van der Waals surface area contributed by atoms with Gasteiger partial charge < -0.3 is 20.4 Å². The highest BCUT2D eigenvalue weighted by Gasteiger charge is 2.35. The Balaban J connectivity index is 2.03. The van der Waals surface area contributed by atoms with E-state index in [0.29, 0.717) is 4.67 Å². The van der Waals surface area contributed by atoms with Gasteiger partial charge in [0.25, 0.3) is 5.91 Å². The third kappa shape index (κ3) is 5.82. The number of carbonyl (C=O) groups is 1. The van der Waals surface area contributed by atoms with Crippen LogP contribution in [0.3, 0.4) is 0 Å². The minimum Gasteiger partial charge on any atom is -0.444 e. The Labute approximate surface area is 167 Å². The van der Waals surface area contributed by atoms with Gasteiger partial charge in [0.2, 0.25) is 3.79 Å². The molecule has 1 aromatic heterocycles. The lowest BCUT2D eigenvalue weighted by Gasteiger charge is -2.27. The monoisotopic (exact) mass is 469 g/mol. The molecule has 0 aliphatic carbocycles. The highest BCUT2D eigenvalue weighted by Crippen LogP contribution is 2.29. The molecule has 24 heavy (non-hydrogen) atoms. The first-order chi connectivity index (χ1) is 11.3. The molecule has 1 amide bonds. The molecular formula is C14H11BrCl3N3O2S. The summed E-state index contributed by atoms with van der Waals surface area (Å²) in [6, 6.07) is 12.2. The van der Waals surface area contributed by atoms with Crippen LogP contribution in [-0.2, 0) is 0 Å². The zero-order chi connectivity index (χ0) is 17.7. The summed E-state index contributed by atoms with van der Waals surface area (Å²) in [6.07, 6.45) is -1.08. The van der Waals surface area contributed by atoms with Gasteiger partial charge in [0, 0.05) is 5.69 Å². The van der Waals surface area contributed by atoms with Crippen LogP contribution in [-0.4, -0.2) is 21.0 Å². The summed E-state index contributed by atoms with van der Waals surface area (Å²) in [4.78, 5) is 12.1. The molecule has 1 atom stereocenters. The number of para-hydroxylation sites is 1. The molecule has 0 saturated heterocycles. The van der Waals surface area contributed by atoms with Crippen molar-refractivity contribution in [1.82, 2.24) is 10.6 Å². The van der Waals surface area contributed by atoms with Crippen molar-refractivity contribution in [1.29, 1.82) is 0 Å². The highest BCUT2D eigenvalue weighted by atomic mass is 79.9. The van der Waals surface area contributed by atoms with Crippen LogP contribution >= 0.6 is 63.0 Å². The lowest BCUT2D eigenvalue weighted by Crippen LogP contribution is -2.56. The van der Waals surface area contributed by atoms with Gasteiger partial charge in [-0.15, -0.1) is 0 Å². The molecule has 0 radical (unpaired) electrons. The van der Waals surface area contributed by atoms with E-state index in [1.165, 1.54) is 6.07 Å². The number of thiocarbonyl (C=S) groups is 1. The van der Waals surface area contributed by atoms with Gasteiger partial charge in [-0.05, 0) is 52.4 Å². The van der Waals surface area contributed by atoms with Crippen molar-refractivity contribution in [3.05, 3.63) is 52.9 Å². The molecule has 1 aromatic carbocycles. The molecule has 0 spiro atoms. The molecule has 3 N–H and O–H groups in total. The van der Waals surface area contributed by atoms with Crippen LogP contribution in [0.15, 0.2) is 51.6 Å². The maximum Gasteiger partial charge on any atom is 0.288 e. The predicted octanol–water partition coefficient (Wildman–Crippen LogP) is 4.45. The van der Waals surface area contributed by atoms with Crippen LogP contribution in [0.1, 0.15) is 10.6 Å². The second-order valence-corrected chi connectivity index (χ2v) is 8.08. The van der Waals surface area contributed by atoms with Crippen LogP contribution in [0.4, 0.5) is 5.69 Å². The third-order valence-electron chi connectivity index (χ3n) is 2.71. The lowest BCUT2D eigenvalue weighted by molar-refractivity contribution is 0.0905. The minimum absolute atomic E-state index is 0.0601. The van der Waals surface area contributed by atoms with E-state index in [-0.39, 0.29) is 10.9 Å². The maximum absolute atomic E-state index is 12.1. The molecule has 1 heterocycles. The second-order valence-electron chi connectivity index (χ2n) is 4.52. The Hall–Kier alpha value is -0.990. The van der Waals surface area contributed by atoms with E-state index in [9.17, 15) is 4.79 Å². The van der Waals surface area contributed by atoms with Gasteiger partial charge in [-0.2, -0.15) is 0 Å². The normalized spacial score (nSPS) is 12.3. The van der Waals surface area contributed by atoms with E-state index in [1.807, 2.05) is 30.3 Å². The molecule has 10 heteroatoms. The first-order valence-corrected chi connectivity index (χ1v) is 8.84. The van der Waals surface area contributed by atoms with Crippen molar-refractivity contribution in [2.24, 2.45) is 0 Å². The van der Waals surface area contributed by atoms with Crippen molar-refractivity contribution in [2.45, 2.75) is 9.96 Å². The maximum atomic E-state index is 12.1. The topological polar surface area (TPSA) is 66.3 Å². The SMILES string of the molecule is O=C(NC(NC(=S)Nc1ccccc1)C(Cl)(Cl)Cl)c1ccc(Br)o1. The molecule has 0 bridgehead atoms. The van der Waals surface area contributed by atoms with Crippen molar-refractivity contribution in [3.8, 4) is 0 Å². The molecule has 0 aliphatic rings. The van der Waals surface area contributed by atoms with Crippen molar-refractivity contribution in [3.63, 3.8) is 0 Å². The summed E-state index contributed by atoms with van der Waals surface area (Å²) >= 11 is 26.0. The fraction of sp³-hybridized carbons (Fsp3) is 0.143. The quantitative estimate of drug-likeness (QED) is 0.349. The number of carbonyl (C=O) groups excluding carboxylic acids is 1. The van der Waals surface area contributed by atoms with Crippen LogP contribution in [0, 0.1) is 0 Å². The van der Waals surface area contributed by atoms with E-state index in [0.717, 1.165) is 5.69 Å². The smallest absolute Gasteiger partial charge is 0.288 e. The average Bonchev–Trinajstić information content (AvgIpc) is 2.93. The van der Waals surface area contributed by atoms with Gasteiger partial charge in [0.15, 0.2) is 15.5 Å². The number of halogens is 4. The van der Waals surface area contributed by atoms with Gasteiger partial charge >= 0.3 is 0 Å². The number of nitrogens with one attached hydrogen (secondary N) is 3. The number of amides is 1. The van der Waals surface area contributed by atoms with Gasteiger partial charge in [0.05, 0.1) is 0 Å². The molecule has 128 valence electrons. The van der Waals surface area contributed by atoms with Crippen LogP contribution in [0.25, 0.3) is 0 Å². The van der Waals surface area contributed by atoms with Crippen LogP contribution < -0.4 is 16.0 Å². The van der Waals surface area contributed by atoms with E-state index in [1.54, 1.807) is 6.07 Å². The first-order valence-electron chi connectivity index (χ1n) is 6.51. The van der Waals surface area contributed by atoms with E-state index in [2.05, 4.69) is 31.9 Å². The summed E-state index contributed by atoms with van der Waals surface area (Å²) in [5.74, 6) is -0.503. The largest absolute Gasteiger partial charge is 0.444 e. The Morgan fingerprint density at radius 1 is 1.12 bits per heavy atom. The van der Waals surface area contributed by atoms with Crippen molar-refractivity contribution in [2.75, 3.05) is 5.32 Å². The van der Waals surface area contributed by atoms with E-state index < -0.39 is 15.9 Å². The fourth-order valence-electron chi connectivity index (χ4n) is 1.66. The molecule has 0 fully saturated rings. The molecular weight excluding hydrogens is 461 g/mol. The first kappa shape index (κ1) is 19.3. The van der Waals surface area contributed by atoms with Gasteiger partial charge in [-0.1, -0.05) is 53.0 Å². The zero-order valence-corrected chi connectivity index (χ0v) is 16.5. The number of alkyl halides is 3. The molecule has 2 rings (SSSR count). The summed E-state index contributed by atoms with van der Waals surface area (Å²) in [7, 11) is 0. The molecule has 5 nitrogen and oxygen atoms in total. The fourth-order valence-corrected chi connectivity index (χ4v) is 2.53. The van der Waals surface area contributed by atoms with E-state index >= 15 is 0 Å². The highest BCUT2D eigenvalue weighted by molar-refractivity contribution is 9.10. The number of anilines is 1. The Bertz CT molecular complexity index is 722. The van der Waals surface area contributed by atoms with Crippen LogP contribution in [0.5, 0.6) is 0 Å². The summed E-state index contributed by atoms with van der Waals surface area (Å²) in [6.45, 7) is 0. The van der Waals surface area contributed by atoms with Gasteiger partial charge in [-0.25, -0.2) is 0 Å². The predicted molar refractivity (Wildman–Crippen MR) is 104 cm³/mol. The Morgan fingerprint density at radius 3 is 2.33 bits per heavy atom. The van der Waals surface area contributed by atoms with E-state index in [4.69, 9.17) is 51.4 Å². The third-order valence-corrected chi connectivity index (χ3v) is 4.01. The number of hydrogen-bond acceptors (Lipinski definition) is 3. The van der Waals surface area contributed by atoms with Gasteiger partial charge in [0.1, 0.15) is 6.17 Å². The molecule has 1 unspecified atom stereocenters. The van der Waals surface area contributed by atoms with Crippen LogP contribution in [0.2, 0.25) is 0 Å². The second kappa shape index (κ2) is 8.40. The summed E-state index contributed by atoms with van der Waals surface area (Å²) in [5.41, 5.74) is 0.749. The van der Waals surface area contributed by atoms with Crippen molar-refractivity contribution >= 4 is 79.7 Å². The number of hydrogen-bond donors (Lipinski definition) is 3. The number of rotatable bonds is 4. The zero-order valence-electron chi connectivity index (χ0n) is 11.9. The molecule has 0 saturated carbocycles. The lowest BCUT2D eigenvalue weighted by atomic mass is 10.3. The molecule has 0 aliphatic heterocycles.